The molecular weight excluding hydrogens is 184 g/mol. The molecule has 1 aromatic carbocycles. The highest BCUT2D eigenvalue weighted by Gasteiger charge is 2.28. The molecule has 0 amide bonds. The zero-order valence-corrected chi connectivity index (χ0v) is 9.61. The fourth-order valence-corrected chi connectivity index (χ4v) is 2.38. The van der Waals surface area contributed by atoms with Crippen LogP contribution in [0.1, 0.15) is 44.6 Å². The van der Waals surface area contributed by atoms with Crippen molar-refractivity contribution in [2.75, 3.05) is 0 Å². The van der Waals surface area contributed by atoms with Gasteiger partial charge in [0.2, 0.25) is 0 Å². The van der Waals surface area contributed by atoms with Crippen molar-refractivity contribution in [2.45, 2.75) is 39.0 Å². The zero-order valence-electron chi connectivity index (χ0n) is 9.61. The maximum Gasteiger partial charge on any atom is 0.115 e. The molecule has 1 nitrogen and oxygen atoms in total. The third-order valence-corrected chi connectivity index (χ3v) is 3.59. The largest absolute Gasteiger partial charge is 0.508 e. The summed E-state index contributed by atoms with van der Waals surface area (Å²) in [6, 6.07) is 7.68. The summed E-state index contributed by atoms with van der Waals surface area (Å²) in [6.45, 7) is 4.62. The van der Waals surface area contributed by atoms with Crippen LogP contribution in [0.4, 0.5) is 0 Å². The van der Waals surface area contributed by atoms with Gasteiger partial charge in [0, 0.05) is 0 Å². The summed E-state index contributed by atoms with van der Waals surface area (Å²) in [5.41, 5.74) is 1.27. The van der Waals surface area contributed by atoms with E-state index in [0.717, 1.165) is 11.8 Å². The highest BCUT2D eigenvalue weighted by atomic mass is 16.3. The molecule has 1 N–H and O–H groups in total. The molecule has 0 radical (unpaired) electrons. The lowest BCUT2D eigenvalue weighted by atomic mass is 9.89. The lowest BCUT2D eigenvalue weighted by Crippen LogP contribution is -2.03. The van der Waals surface area contributed by atoms with Crippen molar-refractivity contribution in [2.24, 2.45) is 11.8 Å². The number of benzene rings is 1. The molecule has 0 bridgehead atoms. The van der Waals surface area contributed by atoms with Crippen molar-refractivity contribution in [3.63, 3.8) is 0 Å². The summed E-state index contributed by atoms with van der Waals surface area (Å²) >= 11 is 0. The second-order valence-electron chi connectivity index (χ2n) is 5.05. The number of hydrogen-bond acceptors (Lipinski definition) is 1. The van der Waals surface area contributed by atoms with Gasteiger partial charge in [0.25, 0.3) is 0 Å². The van der Waals surface area contributed by atoms with Crippen LogP contribution < -0.4 is 0 Å². The van der Waals surface area contributed by atoms with Crippen molar-refractivity contribution in [1.29, 1.82) is 0 Å². The van der Waals surface area contributed by atoms with Gasteiger partial charge < -0.3 is 5.11 Å². The van der Waals surface area contributed by atoms with Gasteiger partial charge in [-0.15, -0.1) is 0 Å². The molecule has 0 aromatic heterocycles. The van der Waals surface area contributed by atoms with Gasteiger partial charge in [-0.25, -0.2) is 0 Å². The summed E-state index contributed by atoms with van der Waals surface area (Å²) in [4.78, 5) is 0. The quantitative estimate of drug-likeness (QED) is 0.787. The Balaban J connectivity index is 1.97. The molecule has 1 aliphatic rings. The molecule has 0 spiro atoms. The lowest BCUT2D eigenvalue weighted by Gasteiger charge is -2.17. The summed E-state index contributed by atoms with van der Waals surface area (Å²) in [6.07, 6.45) is 4.09. The van der Waals surface area contributed by atoms with Crippen molar-refractivity contribution in [3.05, 3.63) is 29.8 Å². The minimum absolute atomic E-state index is 0.387. The fourth-order valence-electron chi connectivity index (χ4n) is 2.38. The van der Waals surface area contributed by atoms with Crippen LogP contribution >= 0.6 is 0 Å². The minimum Gasteiger partial charge on any atom is -0.508 e. The Morgan fingerprint density at radius 2 is 2.07 bits per heavy atom. The molecule has 2 atom stereocenters. The van der Waals surface area contributed by atoms with Crippen LogP contribution in [0.2, 0.25) is 0 Å². The van der Waals surface area contributed by atoms with E-state index < -0.39 is 0 Å². The first-order chi connectivity index (χ1) is 7.16. The van der Waals surface area contributed by atoms with E-state index >= 15 is 0 Å². The Labute approximate surface area is 92.1 Å². The first-order valence-electron chi connectivity index (χ1n) is 5.95. The summed E-state index contributed by atoms with van der Waals surface area (Å²) in [5.74, 6) is 2.76. The zero-order chi connectivity index (χ0) is 10.8. The third kappa shape index (κ3) is 2.74. The van der Waals surface area contributed by atoms with E-state index in [1.54, 1.807) is 6.07 Å². The maximum atomic E-state index is 9.42. The smallest absolute Gasteiger partial charge is 0.115 e. The normalized spacial score (nSPS) is 19.9. The van der Waals surface area contributed by atoms with Gasteiger partial charge >= 0.3 is 0 Å². The van der Waals surface area contributed by atoms with Crippen LogP contribution in [0.5, 0.6) is 5.75 Å². The van der Waals surface area contributed by atoms with Crippen LogP contribution in [0, 0.1) is 11.8 Å². The van der Waals surface area contributed by atoms with Crippen molar-refractivity contribution < 1.29 is 5.11 Å². The number of phenols is 1. The topological polar surface area (TPSA) is 20.2 Å². The average molecular weight is 204 g/mol. The van der Waals surface area contributed by atoms with Gasteiger partial charge in [0.1, 0.15) is 5.75 Å². The first-order valence-corrected chi connectivity index (χ1v) is 5.95. The van der Waals surface area contributed by atoms with Gasteiger partial charge in [0.05, 0.1) is 0 Å². The minimum atomic E-state index is 0.387. The van der Waals surface area contributed by atoms with Crippen LogP contribution in [0.25, 0.3) is 0 Å². The standard InChI is InChI=1S/C14H20O/c1-10(12-6-7-12)8-11(2)13-4-3-5-14(15)9-13/h3-5,9-12,15H,6-8H2,1-2H3/t10-,11?/m0/s1. The van der Waals surface area contributed by atoms with Crippen molar-refractivity contribution >= 4 is 0 Å². The van der Waals surface area contributed by atoms with Crippen molar-refractivity contribution in [3.8, 4) is 5.75 Å². The molecule has 0 heterocycles. The molecule has 1 aliphatic carbocycles. The van der Waals surface area contributed by atoms with E-state index in [-0.39, 0.29) is 0 Å². The number of hydrogen-bond donors (Lipinski definition) is 1. The Hall–Kier alpha value is -0.980. The van der Waals surface area contributed by atoms with Gasteiger partial charge in [0.15, 0.2) is 0 Å². The van der Waals surface area contributed by atoms with Gasteiger partial charge in [-0.3, -0.25) is 0 Å². The molecule has 1 fully saturated rings. The molecule has 1 unspecified atom stereocenters. The van der Waals surface area contributed by atoms with Crippen LogP contribution in [-0.2, 0) is 0 Å². The first kappa shape index (κ1) is 10.5. The van der Waals surface area contributed by atoms with E-state index in [1.807, 2.05) is 12.1 Å². The summed E-state index contributed by atoms with van der Waals surface area (Å²) in [5, 5.41) is 9.42. The second-order valence-corrected chi connectivity index (χ2v) is 5.05. The van der Waals surface area contributed by atoms with E-state index in [1.165, 1.54) is 24.8 Å². The van der Waals surface area contributed by atoms with E-state index in [0.29, 0.717) is 11.7 Å². The predicted octanol–water partition coefficient (Wildman–Crippen LogP) is 3.93. The highest BCUT2D eigenvalue weighted by Crippen LogP contribution is 2.41. The molecule has 0 aliphatic heterocycles. The Kier molecular flexibility index (Phi) is 2.99. The van der Waals surface area contributed by atoms with Crippen LogP contribution in [0.15, 0.2) is 24.3 Å². The Morgan fingerprint density at radius 3 is 2.67 bits per heavy atom. The molecule has 82 valence electrons. The Morgan fingerprint density at radius 1 is 1.33 bits per heavy atom. The molecular formula is C14H20O. The third-order valence-electron chi connectivity index (χ3n) is 3.59. The van der Waals surface area contributed by atoms with E-state index in [9.17, 15) is 5.11 Å². The summed E-state index contributed by atoms with van der Waals surface area (Å²) in [7, 11) is 0. The molecule has 1 aromatic rings. The number of rotatable bonds is 4. The summed E-state index contributed by atoms with van der Waals surface area (Å²) < 4.78 is 0. The fraction of sp³-hybridized carbons (Fsp3) is 0.571. The molecule has 2 rings (SSSR count). The van der Waals surface area contributed by atoms with Gasteiger partial charge in [-0.2, -0.15) is 0 Å². The average Bonchev–Trinajstić information content (AvgIpc) is 3.00. The van der Waals surface area contributed by atoms with E-state index in [2.05, 4.69) is 19.9 Å². The molecule has 1 heteroatoms. The van der Waals surface area contributed by atoms with Crippen LogP contribution in [0.3, 0.4) is 0 Å². The lowest BCUT2D eigenvalue weighted by molar-refractivity contribution is 0.431. The molecule has 15 heavy (non-hydrogen) atoms. The number of aromatic hydroxyl groups is 1. The molecule has 1 saturated carbocycles. The SMILES string of the molecule is CC(C[C@H](C)C1CC1)c1cccc(O)c1. The molecule has 0 saturated heterocycles. The van der Waals surface area contributed by atoms with Gasteiger partial charge in [-0.1, -0.05) is 26.0 Å². The second kappa shape index (κ2) is 4.26. The van der Waals surface area contributed by atoms with E-state index in [4.69, 9.17) is 0 Å². The predicted molar refractivity (Wildman–Crippen MR) is 63.0 cm³/mol. The van der Waals surface area contributed by atoms with Gasteiger partial charge in [-0.05, 0) is 54.7 Å². The Bertz CT molecular complexity index is 328. The monoisotopic (exact) mass is 204 g/mol. The van der Waals surface area contributed by atoms with Crippen LogP contribution in [-0.4, -0.2) is 5.11 Å². The van der Waals surface area contributed by atoms with Crippen molar-refractivity contribution in [1.82, 2.24) is 0 Å². The maximum absolute atomic E-state index is 9.42. The number of phenolic OH excluding ortho intramolecular Hbond substituents is 1. The highest BCUT2D eigenvalue weighted by molar-refractivity contribution is 5.29.